The lowest BCUT2D eigenvalue weighted by Gasteiger charge is -2.61. The summed E-state index contributed by atoms with van der Waals surface area (Å²) in [6.07, 6.45) is 6.61. The maximum absolute atomic E-state index is 12.4. The molecular formula is C15H21N3O2. The van der Waals surface area contributed by atoms with Crippen molar-refractivity contribution in [3.8, 4) is 0 Å². The third-order valence-electron chi connectivity index (χ3n) is 5.35. The zero-order valence-corrected chi connectivity index (χ0v) is 11.8. The summed E-state index contributed by atoms with van der Waals surface area (Å²) in [7, 11) is 0. The molecule has 1 aromatic rings. The fraction of sp³-hybridized carbons (Fsp3) is 0.733. The summed E-state index contributed by atoms with van der Waals surface area (Å²) in [4.78, 5) is 12.4. The molecule has 0 aromatic carbocycles. The summed E-state index contributed by atoms with van der Waals surface area (Å²) >= 11 is 0. The van der Waals surface area contributed by atoms with Gasteiger partial charge in [-0.15, -0.1) is 0 Å². The zero-order chi connectivity index (χ0) is 14.0. The van der Waals surface area contributed by atoms with E-state index in [-0.39, 0.29) is 17.0 Å². The van der Waals surface area contributed by atoms with E-state index in [1.165, 1.54) is 6.42 Å². The van der Waals surface area contributed by atoms with Crippen LogP contribution in [0.15, 0.2) is 10.6 Å². The van der Waals surface area contributed by atoms with E-state index >= 15 is 0 Å². The maximum atomic E-state index is 12.4. The highest BCUT2D eigenvalue weighted by Crippen LogP contribution is 2.56. The second-order valence-corrected chi connectivity index (χ2v) is 7.38. The van der Waals surface area contributed by atoms with Gasteiger partial charge < -0.3 is 15.6 Å². The first-order valence-corrected chi connectivity index (χ1v) is 7.50. The van der Waals surface area contributed by atoms with Gasteiger partial charge in [0.15, 0.2) is 5.69 Å². The van der Waals surface area contributed by atoms with Crippen molar-refractivity contribution in [2.24, 2.45) is 17.6 Å². The van der Waals surface area contributed by atoms with Gasteiger partial charge in [0.1, 0.15) is 5.76 Å². The molecule has 5 nitrogen and oxygen atoms in total. The van der Waals surface area contributed by atoms with Crippen molar-refractivity contribution in [3.05, 3.63) is 17.5 Å². The SMILES string of the molecule is Cc1cc(C(=O)NC23CC4CC(CC(N)(C4)C2)C3)no1. The number of aryl methyl sites for hydroxylation is 1. The second kappa shape index (κ2) is 3.85. The Balaban J connectivity index is 1.57. The zero-order valence-electron chi connectivity index (χ0n) is 11.8. The molecule has 108 valence electrons. The fourth-order valence-corrected chi connectivity index (χ4v) is 5.26. The van der Waals surface area contributed by atoms with Crippen molar-refractivity contribution in [3.63, 3.8) is 0 Å². The number of hydrogen-bond acceptors (Lipinski definition) is 4. The normalized spacial score (nSPS) is 41.9. The lowest BCUT2D eigenvalue weighted by molar-refractivity contribution is -0.0322. The van der Waals surface area contributed by atoms with Crippen LogP contribution in [0, 0.1) is 18.8 Å². The molecule has 1 amide bonds. The lowest BCUT2D eigenvalue weighted by Crippen LogP contribution is -2.68. The van der Waals surface area contributed by atoms with Crippen LogP contribution in [-0.4, -0.2) is 22.1 Å². The summed E-state index contributed by atoms with van der Waals surface area (Å²) in [5.41, 5.74) is 6.75. The van der Waals surface area contributed by atoms with Crippen LogP contribution in [0.4, 0.5) is 0 Å². The molecule has 3 N–H and O–H groups in total. The van der Waals surface area contributed by atoms with E-state index in [1.54, 1.807) is 13.0 Å². The van der Waals surface area contributed by atoms with Gasteiger partial charge in [-0.05, 0) is 57.3 Å². The Hall–Kier alpha value is -1.36. The van der Waals surface area contributed by atoms with Gasteiger partial charge in [-0.25, -0.2) is 0 Å². The number of hydrogen-bond donors (Lipinski definition) is 2. The largest absolute Gasteiger partial charge is 0.361 e. The molecule has 4 aliphatic carbocycles. The predicted molar refractivity (Wildman–Crippen MR) is 73.0 cm³/mol. The molecule has 0 radical (unpaired) electrons. The number of nitrogens with one attached hydrogen (secondary N) is 1. The van der Waals surface area contributed by atoms with E-state index in [0.717, 1.165) is 32.1 Å². The highest BCUT2D eigenvalue weighted by molar-refractivity contribution is 5.92. The van der Waals surface area contributed by atoms with Crippen molar-refractivity contribution in [2.45, 2.75) is 56.5 Å². The van der Waals surface area contributed by atoms with Crippen LogP contribution < -0.4 is 11.1 Å². The highest BCUT2D eigenvalue weighted by atomic mass is 16.5. The minimum Gasteiger partial charge on any atom is -0.361 e. The van der Waals surface area contributed by atoms with E-state index < -0.39 is 0 Å². The molecule has 20 heavy (non-hydrogen) atoms. The van der Waals surface area contributed by atoms with Gasteiger partial charge in [-0.1, -0.05) is 5.16 Å². The van der Waals surface area contributed by atoms with E-state index in [2.05, 4.69) is 10.5 Å². The molecule has 4 bridgehead atoms. The molecule has 1 aromatic heterocycles. The number of carbonyl (C=O) groups excluding carboxylic acids is 1. The number of rotatable bonds is 2. The summed E-state index contributed by atoms with van der Waals surface area (Å²) < 4.78 is 4.99. The van der Waals surface area contributed by atoms with Gasteiger partial charge >= 0.3 is 0 Å². The van der Waals surface area contributed by atoms with Crippen LogP contribution in [0.1, 0.15) is 54.8 Å². The molecule has 0 spiro atoms. The van der Waals surface area contributed by atoms with Crippen LogP contribution in [0.3, 0.4) is 0 Å². The Morgan fingerprint density at radius 2 is 2.10 bits per heavy atom. The smallest absolute Gasteiger partial charge is 0.273 e. The number of nitrogens with zero attached hydrogens (tertiary/aromatic N) is 1. The van der Waals surface area contributed by atoms with Crippen LogP contribution in [-0.2, 0) is 0 Å². The van der Waals surface area contributed by atoms with Crippen LogP contribution in [0.25, 0.3) is 0 Å². The first kappa shape index (κ1) is 12.4. The first-order valence-electron chi connectivity index (χ1n) is 7.50. The Labute approximate surface area is 118 Å². The molecule has 0 saturated heterocycles. The maximum Gasteiger partial charge on any atom is 0.273 e. The molecule has 4 saturated carbocycles. The van der Waals surface area contributed by atoms with E-state index in [1.807, 2.05) is 0 Å². The molecule has 4 aliphatic rings. The summed E-state index contributed by atoms with van der Waals surface area (Å²) in [6, 6.07) is 1.69. The Bertz CT molecular complexity index is 551. The predicted octanol–water partition coefficient (Wildman–Crippen LogP) is 1.76. The highest BCUT2D eigenvalue weighted by Gasteiger charge is 2.56. The average Bonchev–Trinajstić information content (AvgIpc) is 2.71. The van der Waals surface area contributed by atoms with Crippen molar-refractivity contribution in [2.75, 3.05) is 0 Å². The Morgan fingerprint density at radius 1 is 1.40 bits per heavy atom. The summed E-state index contributed by atoms with van der Waals surface area (Å²) in [6.45, 7) is 1.80. The van der Waals surface area contributed by atoms with Crippen molar-refractivity contribution < 1.29 is 9.32 Å². The average molecular weight is 275 g/mol. The van der Waals surface area contributed by atoms with Crippen molar-refractivity contribution in [1.82, 2.24) is 10.5 Å². The minimum atomic E-state index is -0.118. The number of nitrogens with two attached hydrogens (primary N) is 1. The van der Waals surface area contributed by atoms with E-state index in [0.29, 0.717) is 23.3 Å². The van der Waals surface area contributed by atoms with Crippen molar-refractivity contribution in [1.29, 1.82) is 0 Å². The van der Waals surface area contributed by atoms with Gasteiger partial charge in [-0.2, -0.15) is 0 Å². The molecule has 0 aliphatic heterocycles. The quantitative estimate of drug-likeness (QED) is 0.861. The molecular weight excluding hydrogens is 254 g/mol. The van der Waals surface area contributed by atoms with Crippen LogP contribution >= 0.6 is 0 Å². The standard InChI is InChI=1S/C15H21N3O2/c1-9-2-12(18-20-9)13(19)17-15-6-10-3-11(7-15)5-14(16,4-10)8-15/h2,10-11H,3-8,16H2,1H3,(H,17,19). The van der Waals surface area contributed by atoms with E-state index in [4.69, 9.17) is 10.3 Å². The third-order valence-corrected chi connectivity index (χ3v) is 5.35. The van der Waals surface area contributed by atoms with Gasteiger partial charge in [0.2, 0.25) is 0 Å². The summed E-state index contributed by atoms with van der Waals surface area (Å²) in [5.74, 6) is 1.91. The fourth-order valence-electron chi connectivity index (χ4n) is 5.26. The minimum absolute atomic E-state index is 0.0584. The van der Waals surface area contributed by atoms with Crippen molar-refractivity contribution >= 4 is 5.91 Å². The number of aromatic nitrogens is 1. The van der Waals surface area contributed by atoms with Gasteiger partial charge in [-0.3, -0.25) is 4.79 Å². The van der Waals surface area contributed by atoms with Crippen LogP contribution in [0.5, 0.6) is 0 Å². The Morgan fingerprint density at radius 3 is 2.65 bits per heavy atom. The monoisotopic (exact) mass is 275 g/mol. The third kappa shape index (κ3) is 1.87. The van der Waals surface area contributed by atoms with Gasteiger partial charge in [0.05, 0.1) is 0 Å². The van der Waals surface area contributed by atoms with Gasteiger partial charge in [0, 0.05) is 17.1 Å². The molecule has 5 heteroatoms. The molecule has 2 unspecified atom stereocenters. The molecule has 1 heterocycles. The Kier molecular flexibility index (Phi) is 2.38. The lowest BCUT2D eigenvalue weighted by atomic mass is 9.50. The molecule has 2 atom stereocenters. The van der Waals surface area contributed by atoms with Gasteiger partial charge in [0.25, 0.3) is 5.91 Å². The topological polar surface area (TPSA) is 81.2 Å². The number of carbonyl (C=O) groups is 1. The second-order valence-electron chi connectivity index (χ2n) is 7.38. The number of amides is 1. The van der Waals surface area contributed by atoms with Crippen LogP contribution in [0.2, 0.25) is 0 Å². The summed E-state index contributed by atoms with van der Waals surface area (Å²) in [5, 5.41) is 7.05. The first-order chi connectivity index (χ1) is 9.45. The van der Waals surface area contributed by atoms with E-state index in [9.17, 15) is 4.79 Å². The molecule has 4 fully saturated rings. The molecule has 5 rings (SSSR count).